The molecule has 5 nitrogen and oxygen atoms in total. The minimum absolute atomic E-state index is 0.0457. The van der Waals surface area contributed by atoms with Crippen LogP contribution in [0.4, 0.5) is 10.5 Å². The van der Waals surface area contributed by atoms with Crippen LogP contribution in [-0.4, -0.2) is 23.1 Å². The van der Waals surface area contributed by atoms with Crippen molar-refractivity contribution in [3.05, 3.63) is 29.3 Å². The van der Waals surface area contributed by atoms with Crippen LogP contribution in [0.1, 0.15) is 36.7 Å². The van der Waals surface area contributed by atoms with E-state index in [1.54, 1.807) is 19.1 Å². The first-order valence-electron chi connectivity index (χ1n) is 6.22. The molecule has 1 aromatic rings. The topological polar surface area (TPSA) is 78.4 Å². The third-order valence-corrected chi connectivity index (χ3v) is 3.08. The van der Waals surface area contributed by atoms with Crippen molar-refractivity contribution >= 4 is 17.7 Å². The molecule has 0 saturated heterocycles. The number of hydrogen-bond donors (Lipinski definition) is 3. The Balaban J connectivity index is 2.75. The lowest BCUT2D eigenvalue weighted by Gasteiger charge is -2.18. The standard InChI is InChI=1S/C14H20N2O3/c1-8(2)10(4)15-14(19)16-11-6-5-9(3)12(7-11)13(17)18/h5-8,10H,1-4H3,(H,17,18)(H2,15,16,19). The molecule has 3 N–H and O–H groups in total. The highest BCUT2D eigenvalue weighted by molar-refractivity contribution is 5.94. The van der Waals surface area contributed by atoms with Crippen LogP contribution in [0, 0.1) is 12.8 Å². The van der Waals surface area contributed by atoms with Gasteiger partial charge in [-0.05, 0) is 37.5 Å². The molecule has 0 aliphatic rings. The van der Waals surface area contributed by atoms with E-state index in [4.69, 9.17) is 5.11 Å². The molecule has 5 heteroatoms. The van der Waals surface area contributed by atoms with E-state index in [1.807, 2.05) is 20.8 Å². The molecule has 0 aliphatic heterocycles. The average Bonchev–Trinajstić information content (AvgIpc) is 2.30. The monoisotopic (exact) mass is 264 g/mol. The van der Waals surface area contributed by atoms with E-state index in [1.165, 1.54) is 6.07 Å². The number of benzene rings is 1. The maximum Gasteiger partial charge on any atom is 0.336 e. The smallest absolute Gasteiger partial charge is 0.336 e. The van der Waals surface area contributed by atoms with Gasteiger partial charge in [-0.2, -0.15) is 0 Å². The number of carboxylic acids is 1. The van der Waals surface area contributed by atoms with Crippen molar-refractivity contribution in [2.24, 2.45) is 5.92 Å². The van der Waals surface area contributed by atoms with E-state index in [-0.39, 0.29) is 17.6 Å². The zero-order valence-corrected chi connectivity index (χ0v) is 11.7. The summed E-state index contributed by atoms with van der Waals surface area (Å²) in [6.45, 7) is 7.66. The van der Waals surface area contributed by atoms with E-state index < -0.39 is 5.97 Å². The van der Waals surface area contributed by atoms with Crippen molar-refractivity contribution in [1.82, 2.24) is 5.32 Å². The van der Waals surface area contributed by atoms with Gasteiger partial charge in [0.25, 0.3) is 0 Å². The Hall–Kier alpha value is -2.04. The largest absolute Gasteiger partial charge is 0.478 e. The Bertz CT molecular complexity index is 484. The Morgan fingerprint density at radius 1 is 1.21 bits per heavy atom. The summed E-state index contributed by atoms with van der Waals surface area (Å²) < 4.78 is 0. The van der Waals surface area contributed by atoms with Gasteiger partial charge in [-0.25, -0.2) is 9.59 Å². The van der Waals surface area contributed by atoms with Gasteiger partial charge in [-0.1, -0.05) is 19.9 Å². The molecule has 0 aromatic heterocycles. The summed E-state index contributed by atoms with van der Waals surface area (Å²) in [5, 5.41) is 14.4. The summed E-state index contributed by atoms with van der Waals surface area (Å²) in [5.74, 6) is -0.671. The summed E-state index contributed by atoms with van der Waals surface area (Å²) in [6.07, 6.45) is 0. The minimum Gasteiger partial charge on any atom is -0.478 e. The molecule has 19 heavy (non-hydrogen) atoms. The predicted octanol–water partition coefficient (Wildman–Crippen LogP) is 2.86. The number of carboxylic acid groups (broad SMARTS) is 1. The first-order valence-corrected chi connectivity index (χ1v) is 6.22. The fourth-order valence-electron chi connectivity index (χ4n) is 1.47. The number of rotatable bonds is 4. The van der Waals surface area contributed by atoms with Gasteiger partial charge in [-0.3, -0.25) is 0 Å². The van der Waals surface area contributed by atoms with Crippen LogP contribution < -0.4 is 10.6 Å². The van der Waals surface area contributed by atoms with Crippen molar-refractivity contribution in [1.29, 1.82) is 0 Å². The first-order chi connectivity index (χ1) is 8.81. The zero-order chi connectivity index (χ0) is 14.6. The summed E-state index contributed by atoms with van der Waals surface area (Å²) in [6, 6.07) is 4.52. The zero-order valence-electron chi connectivity index (χ0n) is 11.7. The van der Waals surface area contributed by atoms with Crippen molar-refractivity contribution in [3.63, 3.8) is 0 Å². The van der Waals surface area contributed by atoms with E-state index in [9.17, 15) is 9.59 Å². The van der Waals surface area contributed by atoms with Crippen molar-refractivity contribution in [2.75, 3.05) is 5.32 Å². The van der Waals surface area contributed by atoms with E-state index in [0.717, 1.165) is 0 Å². The molecule has 0 spiro atoms. The van der Waals surface area contributed by atoms with Gasteiger partial charge in [-0.15, -0.1) is 0 Å². The Kier molecular flexibility index (Phi) is 4.92. The van der Waals surface area contributed by atoms with Gasteiger partial charge in [0.05, 0.1) is 5.56 Å². The minimum atomic E-state index is -1.00. The Labute approximate surface area is 113 Å². The summed E-state index contributed by atoms with van der Waals surface area (Å²) in [7, 11) is 0. The number of amides is 2. The number of aryl methyl sites for hydroxylation is 1. The van der Waals surface area contributed by atoms with Crippen LogP contribution in [0.25, 0.3) is 0 Å². The molecule has 1 unspecified atom stereocenters. The van der Waals surface area contributed by atoms with Gasteiger partial charge >= 0.3 is 12.0 Å². The second-order valence-corrected chi connectivity index (χ2v) is 4.97. The predicted molar refractivity (Wildman–Crippen MR) is 74.6 cm³/mol. The lowest BCUT2D eigenvalue weighted by Crippen LogP contribution is -2.39. The van der Waals surface area contributed by atoms with Crippen LogP contribution in [0.2, 0.25) is 0 Å². The second-order valence-electron chi connectivity index (χ2n) is 4.97. The lowest BCUT2D eigenvalue weighted by atomic mass is 10.1. The van der Waals surface area contributed by atoms with Gasteiger partial charge in [0.15, 0.2) is 0 Å². The number of urea groups is 1. The molecule has 0 heterocycles. The number of anilines is 1. The van der Waals surface area contributed by atoms with Crippen LogP contribution in [-0.2, 0) is 0 Å². The van der Waals surface area contributed by atoms with E-state index in [2.05, 4.69) is 10.6 Å². The van der Waals surface area contributed by atoms with E-state index in [0.29, 0.717) is 17.2 Å². The highest BCUT2D eigenvalue weighted by atomic mass is 16.4. The van der Waals surface area contributed by atoms with Gasteiger partial charge < -0.3 is 15.7 Å². The molecule has 0 aliphatic carbocycles. The third-order valence-electron chi connectivity index (χ3n) is 3.08. The fourth-order valence-corrected chi connectivity index (χ4v) is 1.47. The van der Waals surface area contributed by atoms with Crippen LogP contribution in [0.15, 0.2) is 18.2 Å². The number of aromatic carboxylic acids is 1. The van der Waals surface area contributed by atoms with Gasteiger partial charge in [0, 0.05) is 11.7 Å². The molecule has 0 radical (unpaired) electrons. The second kappa shape index (κ2) is 6.22. The van der Waals surface area contributed by atoms with Gasteiger partial charge in [0.2, 0.25) is 0 Å². The molecular weight excluding hydrogens is 244 g/mol. The van der Waals surface area contributed by atoms with Crippen molar-refractivity contribution in [3.8, 4) is 0 Å². The number of carbonyl (C=O) groups excluding carboxylic acids is 1. The number of hydrogen-bond acceptors (Lipinski definition) is 2. The fraction of sp³-hybridized carbons (Fsp3) is 0.429. The Morgan fingerprint density at radius 3 is 2.37 bits per heavy atom. The summed E-state index contributed by atoms with van der Waals surface area (Å²) in [5.41, 5.74) is 1.32. The van der Waals surface area contributed by atoms with E-state index >= 15 is 0 Å². The molecule has 1 rings (SSSR count). The highest BCUT2D eigenvalue weighted by Gasteiger charge is 2.12. The Morgan fingerprint density at radius 2 is 1.84 bits per heavy atom. The maximum absolute atomic E-state index is 11.7. The lowest BCUT2D eigenvalue weighted by molar-refractivity contribution is 0.0696. The SMILES string of the molecule is Cc1ccc(NC(=O)NC(C)C(C)C)cc1C(=O)O. The average molecular weight is 264 g/mol. The third kappa shape index (κ3) is 4.28. The van der Waals surface area contributed by atoms with Gasteiger partial charge in [0.1, 0.15) is 0 Å². The molecule has 0 saturated carbocycles. The van der Waals surface area contributed by atoms with Crippen LogP contribution in [0.5, 0.6) is 0 Å². The molecule has 0 bridgehead atoms. The molecular formula is C14H20N2O3. The molecule has 104 valence electrons. The van der Waals surface area contributed by atoms with Crippen molar-refractivity contribution in [2.45, 2.75) is 33.7 Å². The highest BCUT2D eigenvalue weighted by Crippen LogP contribution is 2.15. The summed E-state index contributed by atoms with van der Waals surface area (Å²) in [4.78, 5) is 22.7. The molecule has 2 amide bonds. The quantitative estimate of drug-likeness (QED) is 0.782. The van der Waals surface area contributed by atoms with Crippen molar-refractivity contribution < 1.29 is 14.7 Å². The van der Waals surface area contributed by atoms with Crippen LogP contribution in [0.3, 0.4) is 0 Å². The molecule has 1 atom stereocenters. The molecule has 0 fully saturated rings. The number of carbonyl (C=O) groups is 2. The van der Waals surface area contributed by atoms with Crippen LogP contribution >= 0.6 is 0 Å². The summed E-state index contributed by atoms with van der Waals surface area (Å²) >= 11 is 0. The number of nitrogens with one attached hydrogen (secondary N) is 2. The normalized spacial score (nSPS) is 12.1. The molecule has 1 aromatic carbocycles. The first kappa shape index (κ1) is 15.0. The maximum atomic E-state index is 11.7.